The summed E-state index contributed by atoms with van der Waals surface area (Å²) in [6, 6.07) is 8.14. The lowest BCUT2D eigenvalue weighted by atomic mass is 10.0. The molecule has 3 aromatic rings. The van der Waals surface area contributed by atoms with Gasteiger partial charge in [0.2, 0.25) is 0 Å². The van der Waals surface area contributed by atoms with Crippen LogP contribution in [0, 0.1) is 6.92 Å². The Kier molecular flexibility index (Phi) is 3.41. The summed E-state index contributed by atoms with van der Waals surface area (Å²) in [4.78, 5) is 15.5. The lowest BCUT2D eigenvalue weighted by molar-refractivity contribution is 1.07. The maximum atomic E-state index is 4.25. The number of benzene rings is 1. The molecule has 5 nitrogen and oxygen atoms in total. The predicted molar refractivity (Wildman–Crippen MR) is 78.1 cm³/mol. The van der Waals surface area contributed by atoms with Gasteiger partial charge in [-0.25, -0.2) is 15.0 Å². The van der Waals surface area contributed by atoms with Crippen molar-refractivity contribution in [1.82, 2.24) is 19.9 Å². The summed E-state index contributed by atoms with van der Waals surface area (Å²) in [6.07, 6.45) is 6.97. The van der Waals surface area contributed by atoms with E-state index in [2.05, 4.69) is 37.4 Å². The van der Waals surface area contributed by atoms with Crippen LogP contribution in [0.25, 0.3) is 11.1 Å². The molecular formula is C15H15N5. The molecule has 0 aliphatic carbocycles. The van der Waals surface area contributed by atoms with Gasteiger partial charge in [-0.3, -0.25) is 0 Å². The normalized spacial score (nSPS) is 10.4. The van der Waals surface area contributed by atoms with Crippen molar-refractivity contribution in [3.63, 3.8) is 0 Å². The monoisotopic (exact) mass is 265 g/mol. The van der Waals surface area contributed by atoms with E-state index in [-0.39, 0.29) is 0 Å². The van der Waals surface area contributed by atoms with Gasteiger partial charge < -0.3 is 10.3 Å². The molecule has 0 aliphatic rings. The van der Waals surface area contributed by atoms with Crippen molar-refractivity contribution in [2.45, 2.75) is 13.5 Å². The van der Waals surface area contributed by atoms with Crippen LogP contribution in [0.5, 0.6) is 0 Å². The zero-order chi connectivity index (χ0) is 13.8. The van der Waals surface area contributed by atoms with Gasteiger partial charge in [-0.15, -0.1) is 0 Å². The van der Waals surface area contributed by atoms with E-state index in [1.165, 1.54) is 0 Å². The van der Waals surface area contributed by atoms with E-state index in [9.17, 15) is 0 Å². The summed E-state index contributed by atoms with van der Waals surface area (Å²) in [5, 5.41) is 3.40. The Labute approximate surface area is 117 Å². The fraction of sp³-hybridized carbons (Fsp3) is 0.133. The third-order valence-corrected chi connectivity index (χ3v) is 3.14. The van der Waals surface area contributed by atoms with Gasteiger partial charge in [0.15, 0.2) is 0 Å². The smallest absolute Gasteiger partial charge is 0.115 e. The number of rotatable bonds is 4. The second-order valence-corrected chi connectivity index (χ2v) is 4.48. The van der Waals surface area contributed by atoms with Crippen LogP contribution in [0.2, 0.25) is 0 Å². The maximum Gasteiger partial charge on any atom is 0.115 e. The Morgan fingerprint density at radius 2 is 2.05 bits per heavy atom. The minimum absolute atomic E-state index is 0.674. The number of hydrogen-bond acceptors (Lipinski definition) is 4. The molecule has 3 rings (SSSR count). The molecule has 0 amide bonds. The van der Waals surface area contributed by atoms with Gasteiger partial charge >= 0.3 is 0 Å². The Hall–Kier alpha value is -2.69. The molecule has 5 heteroatoms. The van der Waals surface area contributed by atoms with Crippen LogP contribution in [-0.2, 0) is 6.54 Å². The number of aromatic amines is 1. The highest BCUT2D eigenvalue weighted by Crippen LogP contribution is 2.29. The number of imidazole rings is 1. The number of anilines is 1. The van der Waals surface area contributed by atoms with E-state index >= 15 is 0 Å². The average molecular weight is 265 g/mol. The molecule has 0 fully saturated rings. The van der Waals surface area contributed by atoms with Crippen LogP contribution in [0.1, 0.15) is 11.4 Å². The van der Waals surface area contributed by atoms with Crippen molar-refractivity contribution in [2.75, 3.05) is 5.32 Å². The molecule has 0 saturated carbocycles. The molecule has 100 valence electrons. The predicted octanol–water partition coefficient (Wildman–Crippen LogP) is 2.79. The highest BCUT2D eigenvalue weighted by molar-refractivity contribution is 5.78. The first-order chi connectivity index (χ1) is 9.84. The van der Waals surface area contributed by atoms with E-state index in [1.54, 1.807) is 12.7 Å². The molecule has 0 saturated heterocycles. The molecular weight excluding hydrogens is 250 g/mol. The van der Waals surface area contributed by atoms with Gasteiger partial charge in [-0.1, -0.05) is 18.2 Å². The van der Waals surface area contributed by atoms with Gasteiger partial charge in [0.1, 0.15) is 6.33 Å². The first-order valence-corrected chi connectivity index (χ1v) is 6.42. The van der Waals surface area contributed by atoms with Crippen LogP contribution >= 0.6 is 0 Å². The van der Waals surface area contributed by atoms with Crippen molar-refractivity contribution in [3.8, 4) is 11.1 Å². The van der Waals surface area contributed by atoms with Crippen molar-refractivity contribution in [3.05, 3.63) is 60.7 Å². The molecule has 0 bridgehead atoms. The minimum Gasteiger partial charge on any atom is -0.379 e. The van der Waals surface area contributed by atoms with Gasteiger partial charge in [-0.2, -0.15) is 0 Å². The zero-order valence-electron chi connectivity index (χ0n) is 11.2. The third kappa shape index (κ3) is 2.51. The molecule has 2 aromatic heterocycles. The summed E-state index contributed by atoms with van der Waals surface area (Å²) >= 11 is 0. The first-order valence-electron chi connectivity index (χ1n) is 6.42. The Balaban J connectivity index is 1.90. The number of aryl methyl sites for hydroxylation is 1. The summed E-state index contributed by atoms with van der Waals surface area (Å²) in [7, 11) is 0. The van der Waals surface area contributed by atoms with E-state index in [0.717, 1.165) is 28.2 Å². The molecule has 0 atom stereocenters. The topological polar surface area (TPSA) is 66.5 Å². The second kappa shape index (κ2) is 5.52. The molecule has 2 N–H and O–H groups in total. The third-order valence-electron chi connectivity index (χ3n) is 3.14. The molecule has 1 aromatic carbocycles. The van der Waals surface area contributed by atoms with Crippen LogP contribution in [0.3, 0.4) is 0 Å². The minimum atomic E-state index is 0.674. The number of para-hydroxylation sites is 1. The van der Waals surface area contributed by atoms with E-state index in [4.69, 9.17) is 0 Å². The highest BCUT2D eigenvalue weighted by Gasteiger charge is 2.08. The zero-order valence-corrected chi connectivity index (χ0v) is 11.2. The number of nitrogens with zero attached hydrogens (tertiary/aromatic N) is 3. The fourth-order valence-electron chi connectivity index (χ4n) is 2.10. The number of hydrogen-bond donors (Lipinski definition) is 2. The standard InChI is InChI=1S/C15H15N5/c1-11-14(8-17-9-19-11)13-4-2-3-5-15(13)18-7-12-6-16-10-20-12/h2-6,8-10,18H,7H2,1H3,(H,16,20). The van der Waals surface area contributed by atoms with Crippen molar-refractivity contribution < 1.29 is 0 Å². The summed E-state index contributed by atoms with van der Waals surface area (Å²) in [5.74, 6) is 0. The van der Waals surface area contributed by atoms with Crippen LogP contribution < -0.4 is 5.32 Å². The highest BCUT2D eigenvalue weighted by atomic mass is 14.9. The van der Waals surface area contributed by atoms with Crippen LogP contribution in [-0.4, -0.2) is 19.9 Å². The van der Waals surface area contributed by atoms with Gasteiger partial charge in [0.05, 0.1) is 18.6 Å². The van der Waals surface area contributed by atoms with Crippen molar-refractivity contribution in [2.24, 2.45) is 0 Å². The van der Waals surface area contributed by atoms with Crippen LogP contribution in [0.4, 0.5) is 5.69 Å². The second-order valence-electron chi connectivity index (χ2n) is 4.48. The maximum absolute atomic E-state index is 4.25. The Morgan fingerprint density at radius 3 is 2.85 bits per heavy atom. The Morgan fingerprint density at radius 1 is 1.15 bits per heavy atom. The fourth-order valence-corrected chi connectivity index (χ4v) is 2.10. The first kappa shape index (κ1) is 12.3. The largest absolute Gasteiger partial charge is 0.379 e. The summed E-state index contributed by atoms with van der Waals surface area (Å²) in [6.45, 7) is 2.66. The summed E-state index contributed by atoms with van der Waals surface area (Å²) < 4.78 is 0. The quantitative estimate of drug-likeness (QED) is 0.761. The van der Waals surface area contributed by atoms with Gasteiger partial charge in [0.25, 0.3) is 0 Å². The molecule has 20 heavy (non-hydrogen) atoms. The number of nitrogens with one attached hydrogen (secondary N) is 2. The van der Waals surface area contributed by atoms with E-state index in [0.29, 0.717) is 6.54 Å². The number of aromatic nitrogens is 4. The molecule has 0 radical (unpaired) electrons. The average Bonchev–Trinajstić information content (AvgIpc) is 2.99. The van der Waals surface area contributed by atoms with E-state index in [1.807, 2.05) is 31.5 Å². The SMILES string of the molecule is Cc1ncncc1-c1ccccc1NCc1c[nH]cn1. The summed E-state index contributed by atoms with van der Waals surface area (Å²) in [5.41, 5.74) is 5.13. The van der Waals surface area contributed by atoms with Crippen molar-refractivity contribution in [1.29, 1.82) is 0 Å². The lowest BCUT2D eigenvalue weighted by Crippen LogP contribution is -2.02. The van der Waals surface area contributed by atoms with Crippen LogP contribution in [0.15, 0.2) is 49.3 Å². The van der Waals surface area contributed by atoms with Gasteiger partial charge in [-0.05, 0) is 13.0 Å². The molecule has 2 heterocycles. The Bertz CT molecular complexity index is 691. The molecule has 0 spiro atoms. The molecule has 0 aliphatic heterocycles. The molecule has 0 unspecified atom stereocenters. The van der Waals surface area contributed by atoms with Gasteiger partial charge in [0, 0.05) is 34.9 Å². The lowest BCUT2D eigenvalue weighted by Gasteiger charge is -2.12. The van der Waals surface area contributed by atoms with Crippen molar-refractivity contribution >= 4 is 5.69 Å². The van der Waals surface area contributed by atoms with E-state index < -0.39 is 0 Å². The number of H-pyrrole nitrogens is 1.